The Hall–Kier alpha value is -2.54. The average Bonchev–Trinajstić information content (AvgIpc) is 2.67. The molecule has 2 aromatic rings. The van der Waals surface area contributed by atoms with Gasteiger partial charge in [0, 0.05) is 49.3 Å². The lowest BCUT2D eigenvalue weighted by molar-refractivity contribution is 0.127. The van der Waals surface area contributed by atoms with Crippen molar-refractivity contribution in [3.63, 3.8) is 0 Å². The van der Waals surface area contributed by atoms with Crippen molar-refractivity contribution in [1.82, 2.24) is 30.1 Å². The van der Waals surface area contributed by atoms with Gasteiger partial charge in [0.05, 0.1) is 0 Å². The minimum absolute atomic E-state index is 0.0178. The lowest BCUT2D eigenvalue weighted by Crippen LogP contribution is -2.50. The van der Waals surface area contributed by atoms with Crippen LogP contribution in [0.4, 0.5) is 4.79 Å². The predicted octanol–water partition coefficient (Wildman–Crippen LogP) is 2.34. The third kappa shape index (κ3) is 5.73. The summed E-state index contributed by atoms with van der Waals surface area (Å²) in [6.07, 6.45) is 6.17. The first-order valence-electron chi connectivity index (χ1n) is 9.94. The standard InChI is InChI=1S/C21H30N6O/c1-16-14-17(2)25-20(24-16)6-11-23-21(28)27(15-18-4-9-22-10-5-18)19-7-12-26(3)13-8-19/h4-5,9-10,14,19H,6-8,11-13,15H2,1-3H3,(H,23,28). The lowest BCUT2D eigenvalue weighted by atomic mass is 10.0. The number of carbonyl (C=O) groups is 1. The van der Waals surface area contributed by atoms with Crippen LogP contribution in [0, 0.1) is 13.8 Å². The molecular formula is C21H30N6O. The maximum Gasteiger partial charge on any atom is 0.317 e. The molecule has 0 radical (unpaired) electrons. The number of nitrogens with zero attached hydrogens (tertiary/aromatic N) is 5. The molecule has 1 aliphatic heterocycles. The van der Waals surface area contributed by atoms with E-state index in [0.29, 0.717) is 19.5 Å². The van der Waals surface area contributed by atoms with E-state index in [0.717, 1.165) is 48.7 Å². The highest BCUT2D eigenvalue weighted by Crippen LogP contribution is 2.18. The zero-order chi connectivity index (χ0) is 19.9. The molecule has 0 unspecified atom stereocenters. The van der Waals surface area contributed by atoms with E-state index in [2.05, 4.69) is 32.2 Å². The zero-order valence-electron chi connectivity index (χ0n) is 17.1. The molecule has 7 heteroatoms. The Kier molecular flexibility index (Phi) is 6.92. The minimum Gasteiger partial charge on any atom is -0.338 e. The van der Waals surface area contributed by atoms with Crippen molar-refractivity contribution in [2.24, 2.45) is 0 Å². The van der Waals surface area contributed by atoms with Gasteiger partial charge in [-0.2, -0.15) is 0 Å². The molecule has 3 heterocycles. The number of hydrogen-bond donors (Lipinski definition) is 1. The maximum absolute atomic E-state index is 13.0. The van der Waals surface area contributed by atoms with E-state index in [9.17, 15) is 4.79 Å². The van der Waals surface area contributed by atoms with Crippen LogP contribution in [0.1, 0.15) is 35.6 Å². The minimum atomic E-state index is -0.0178. The second-order valence-electron chi connectivity index (χ2n) is 7.57. The molecule has 1 saturated heterocycles. The van der Waals surface area contributed by atoms with E-state index in [-0.39, 0.29) is 12.1 Å². The number of pyridine rings is 1. The summed E-state index contributed by atoms with van der Waals surface area (Å²) in [6.45, 7) is 7.09. The van der Waals surface area contributed by atoms with E-state index in [1.807, 2.05) is 36.9 Å². The van der Waals surface area contributed by atoms with E-state index < -0.39 is 0 Å². The molecule has 150 valence electrons. The Morgan fingerprint density at radius 2 is 1.82 bits per heavy atom. The van der Waals surface area contributed by atoms with Gasteiger partial charge in [-0.25, -0.2) is 14.8 Å². The largest absolute Gasteiger partial charge is 0.338 e. The van der Waals surface area contributed by atoms with Crippen molar-refractivity contribution in [1.29, 1.82) is 0 Å². The number of aromatic nitrogens is 3. The third-order valence-corrected chi connectivity index (χ3v) is 5.15. The number of rotatable bonds is 6. The molecule has 7 nitrogen and oxygen atoms in total. The molecule has 1 fully saturated rings. The molecule has 0 atom stereocenters. The molecule has 1 N–H and O–H groups in total. The van der Waals surface area contributed by atoms with Gasteiger partial charge in [0.2, 0.25) is 0 Å². The first kappa shape index (κ1) is 20.2. The van der Waals surface area contributed by atoms with Crippen LogP contribution in [0.2, 0.25) is 0 Å². The second-order valence-corrected chi connectivity index (χ2v) is 7.57. The number of carbonyl (C=O) groups excluding carboxylic acids is 1. The van der Waals surface area contributed by atoms with Gasteiger partial charge >= 0.3 is 6.03 Å². The molecule has 0 saturated carbocycles. The summed E-state index contributed by atoms with van der Waals surface area (Å²) in [4.78, 5) is 30.3. The van der Waals surface area contributed by atoms with Crippen molar-refractivity contribution in [3.8, 4) is 0 Å². The number of amides is 2. The molecule has 2 amide bonds. The van der Waals surface area contributed by atoms with Crippen LogP contribution in [0.3, 0.4) is 0 Å². The van der Waals surface area contributed by atoms with Gasteiger partial charge in [0.1, 0.15) is 5.82 Å². The highest BCUT2D eigenvalue weighted by Gasteiger charge is 2.27. The van der Waals surface area contributed by atoms with Gasteiger partial charge in [-0.05, 0) is 70.6 Å². The predicted molar refractivity (Wildman–Crippen MR) is 109 cm³/mol. The van der Waals surface area contributed by atoms with E-state index in [1.54, 1.807) is 12.4 Å². The highest BCUT2D eigenvalue weighted by molar-refractivity contribution is 5.74. The van der Waals surface area contributed by atoms with E-state index in [1.165, 1.54) is 0 Å². The first-order chi connectivity index (χ1) is 13.5. The van der Waals surface area contributed by atoms with Crippen LogP contribution in [0.5, 0.6) is 0 Å². The number of aryl methyl sites for hydroxylation is 2. The Bertz CT molecular complexity index is 753. The topological polar surface area (TPSA) is 74.2 Å². The summed E-state index contributed by atoms with van der Waals surface area (Å²) in [5.74, 6) is 0.776. The molecule has 1 aliphatic rings. The zero-order valence-corrected chi connectivity index (χ0v) is 17.1. The number of urea groups is 1. The fourth-order valence-corrected chi connectivity index (χ4v) is 3.65. The average molecular weight is 383 g/mol. The molecule has 28 heavy (non-hydrogen) atoms. The fraction of sp³-hybridized carbons (Fsp3) is 0.524. The Labute approximate surface area is 167 Å². The van der Waals surface area contributed by atoms with Gasteiger partial charge in [-0.3, -0.25) is 4.98 Å². The smallest absolute Gasteiger partial charge is 0.317 e. The van der Waals surface area contributed by atoms with Gasteiger partial charge in [-0.1, -0.05) is 0 Å². The van der Waals surface area contributed by atoms with Crippen LogP contribution in [0.25, 0.3) is 0 Å². The van der Waals surface area contributed by atoms with Gasteiger partial charge in [0.15, 0.2) is 0 Å². The van der Waals surface area contributed by atoms with Crippen molar-refractivity contribution in [2.45, 2.75) is 45.7 Å². The Morgan fingerprint density at radius 1 is 1.18 bits per heavy atom. The maximum atomic E-state index is 13.0. The monoisotopic (exact) mass is 382 g/mol. The van der Waals surface area contributed by atoms with E-state index >= 15 is 0 Å². The summed E-state index contributed by atoms with van der Waals surface area (Å²) in [5.41, 5.74) is 3.01. The SMILES string of the molecule is Cc1cc(C)nc(CCNC(=O)N(Cc2ccncc2)C2CCN(C)CC2)n1. The molecular weight excluding hydrogens is 352 g/mol. The van der Waals surface area contributed by atoms with Gasteiger partial charge < -0.3 is 15.1 Å². The fourth-order valence-electron chi connectivity index (χ4n) is 3.65. The highest BCUT2D eigenvalue weighted by atomic mass is 16.2. The van der Waals surface area contributed by atoms with E-state index in [4.69, 9.17) is 0 Å². The van der Waals surface area contributed by atoms with Crippen molar-refractivity contribution in [2.75, 3.05) is 26.7 Å². The third-order valence-electron chi connectivity index (χ3n) is 5.15. The van der Waals surface area contributed by atoms with Crippen LogP contribution >= 0.6 is 0 Å². The van der Waals surface area contributed by atoms with Crippen LogP contribution in [0.15, 0.2) is 30.6 Å². The number of hydrogen-bond acceptors (Lipinski definition) is 5. The lowest BCUT2D eigenvalue weighted by Gasteiger charge is -2.37. The molecule has 3 rings (SSSR count). The van der Waals surface area contributed by atoms with Crippen LogP contribution < -0.4 is 5.32 Å². The number of likely N-dealkylation sites (tertiary alicyclic amines) is 1. The summed E-state index contributed by atoms with van der Waals surface area (Å²) >= 11 is 0. The molecule has 0 spiro atoms. The molecule has 2 aromatic heterocycles. The number of nitrogens with one attached hydrogen (secondary N) is 1. The van der Waals surface area contributed by atoms with Crippen LogP contribution in [-0.2, 0) is 13.0 Å². The second kappa shape index (κ2) is 9.59. The Morgan fingerprint density at radius 3 is 2.46 bits per heavy atom. The summed E-state index contributed by atoms with van der Waals surface area (Å²) in [6, 6.07) is 6.13. The van der Waals surface area contributed by atoms with Crippen molar-refractivity contribution in [3.05, 3.63) is 53.4 Å². The molecule has 0 bridgehead atoms. The van der Waals surface area contributed by atoms with Gasteiger partial charge in [-0.15, -0.1) is 0 Å². The quantitative estimate of drug-likeness (QED) is 0.830. The summed E-state index contributed by atoms with van der Waals surface area (Å²) in [7, 11) is 2.13. The normalized spacial score (nSPS) is 15.4. The Balaban J connectivity index is 1.62. The molecule has 0 aliphatic carbocycles. The van der Waals surface area contributed by atoms with Crippen molar-refractivity contribution >= 4 is 6.03 Å². The van der Waals surface area contributed by atoms with Gasteiger partial charge in [0.25, 0.3) is 0 Å². The van der Waals surface area contributed by atoms with Crippen LogP contribution in [-0.4, -0.2) is 63.5 Å². The molecule has 0 aromatic carbocycles. The van der Waals surface area contributed by atoms with Crippen molar-refractivity contribution < 1.29 is 4.79 Å². The first-order valence-corrected chi connectivity index (χ1v) is 9.94. The summed E-state index contributed by atoms with van der Waals surface area (Å²) < 4.78 is 0. The summed E-state index contributed by atoms with van der Waals surface area (Å²) in [5, 5.41) is 3.08. The number of piperidine rings is 1.